The van der Waals surface area contributed by atoms with Gasteiger partial charge in [0.1, 0.15) is 0 Å². The van der Waals surface area contributed by atoms with E-state index < -0.39 is 17.4 Å². The van der Waals surface area contributed by atoms with Crippen LogP contribution in [-0.2, 0) is 15.7 Å². The third-order valence-electron chi connectivity index (χ3n) is 10.5. The molecule has 2 unspecified atom stereocenters. The molecule has 3 aromatic rings. The van der Waals surface area contributed by atoms with E-state index in [0.717, 1.165) is 56.4 Å². The van der Waals surface area contributed by atoms with E-state index in [1.165, 1.54) is 0 Å². The van der Waals surface area contributed by atoms with Crippen molar-refractivity contribution in [2.24, 2.45) is 5.92 Å². The number of amides is 3. The van der Waals surface area contributed by atoms with Crippen molar-refractivity contribution in [2.45, 2.75) is 49.5 Å². The van der Waals surface area contributed by atoms with Gasteiger partial charge in [0.15, 0.2) is 0 Å². The van der Waals surface area contributed by atoms with Crippen LogP contribution in [0.4, 0.5) is 4.79 Å². The number of hydrogen-bond donors (Lipinski definition) is 2. The first-order chi connectivity index (χ1) is 22.7. The Balaban J connectivity index is 1.16. The number of nitrogens with one attached hydrogen (secondary N) is 1. The summed E-state index contributed by atoms with van der Waals surface area (Å²) in [5.41, 5.74) is 2.04. The topological polar surface area (TPSA) is 93.2 Å². The van der Waals surface area contributed by atoms with Gasteiger partial charge in [0.25, 0.3) is 5.91 Å². The molecule has 3 saturated heterocycles. The lowest BCUT2D eigenvalue weighted by atomic mass is 9.76. The van der Waals surface area contributed by atoms with Gasteiger partial charge in [0.05, 0.1) is 21.5 Å². The molecule has 0 spiro atoms. The van der Waals surface area contributed by atoms with E-state index >= 15 is 0 Å². The van der Waals surface area contributed by atoms with E-state index in [0.29, 0.717) is 48.1 Å². The molecule has 3 heterocycles. The van der Waals surface area contributed by atoms with Gasteiger partial charge in [-0.15, -0.1) is 0 Å². The van der Waals surface area contributed by atoms with Crippen molar-refractivity contribution in [1.29, 1.82) is 0 Å². The van der Waals surface area contributed by atoms with E-state index in [-0.39, 0.29) is 23.9 Å². The zero-order valence-electron chi connectivity index (χ0n) is 26.5. The predicted octanol–water partition coefficient (Wildman–Crippen LogP) is 6.66. The second-order valence-corrected chi connectivity index (χ2v) is 14.2. The van der Waals surface area contributed by atoms with Crippen LogP contribution in [-0.4, -0.2) is 83.5 Å². The first kappa shape index (κ1) is 33.3. The SMILES string of the molecule is O=C(O)C1CCCN(C(=O)NC2(c3ccccc3)CCN(CCC3(c4ccc(Cl)c(Cl)c4)CCN(C(=O)c4ccccc4)C3)CC2)C1. The molecule has 8 nitrogen and oxygen atoms in total. The molecule has 47 heavy (non-hydrogen) atoms. The molecule has 3 amide bonds. The van der Waals surface area contributed by atoms with Crippen LogP contribution in [0.5, 0.6) is 0 Å². The van der Waals surface area contributed by atoms with Crippen LogP contribution in [0.1, 0.15) is 60.0 Å². The molecule has 0 bridgehead atoms. The number of carbonyl (C=O) groups is 3. The molecule has 0 saturated carbocycles. The number of carbonyl (C=O) groups excluding carboxylic acids is 2. The Labute approximate surface area is 286 Å². The Morgan fingerprint density at radius 3 is 2.19 bits per heavy atom. The Morgan fingerprint density at radius 1 is 0.809 bits per heavy atom. The lowest BCUT2D eigenvalue weighted by Crippen LogP contribution is -2.57. The fraction of sp³-hybridized carbons (Fsp3) is 0.432. The highest BCUT2D eigenvalue weighted by Crippen LogP contribution is 2.41. The van der Waals surface area contributed by atoms with E-state index in [4.69, 9.17) is 23.2 Å². The highest BCUT2D eigenvalue weighted by Gasteiger charge is 2.44. The lowest BCUT2D eigenvalue weighted by Gasteiger charge is -2.45. The zero-order valence-corrected chi connectivity index (χ0v) is 28.1. The average Bonchev–Trinajstić information content (AvgIpc) is 3.55. The average molecular weight is 678 g/mol. The summed E-state index contributed by atoms with van der Waals surface area (Å²) in [5, 5.41) is 14.0. The number of piperidine rings is 2. The molecule has 2 N–H and O–H groups in total. The Hall–Kier alpha value is -3.59. The van der Waals surface area contributed by atoms with Gasteiger partial charge in [0.2, 0.25) is 0 Å². The Kier molecular flexibility index (Phi) is 10.1. The molecule has 3 aromatic carbocycles. The van der Waals surface area contributed by atoms with Gasteiger partial charge in [-0.1, -0.05) is 77.8 Å². The third kappa shape index (κ3) is 7.30. The van der Waals surface area contributed by atoms with Crippen molar-refractivity contribution in [2.75, 3.05) is 45.8 Å². The van der Waals surface area contributed by atoms with Crippen LogP contribution in [0.15, 0.2) is 78.9 Å². The summed E-state index contributed by atoms with van der Waals surface area (Å²) in [7, 11) is 0. The van der Waals surface area contributed by atoms with Crippen molar-refractivity contribution >= 4 is 41.1 Å². The lowest BCUT2D eigenvalue weighted by molar-refractivity contribution is -0.143. The number of halogens is 2. The second kappa shape index (κ2) is 14.3. The van der Waals surface area contributed by atoms with Crippen molar-refractivity contribution in [3.8, 4) is 0 Å². The van der Waals surface area contributed by atoms with Crippen LogP contribution < -0.4 is 5.32 Å². The Bertz CT molecular complexity index is 1580. The van der Waals surface area contributed by atoms with Crippen LogP contribution in [0.2, 0.25) is 10.0 Å². The number of hydrogen-bond acceptors (Lipinski definition) is 4. The van der Waals surface area contributed by atoms with E-state index in [1.54, 1.807) is 4.90 Å². The number of nitrogens with zero attached hydrogens (tertiary/aromatic N) is 3. The molecule has 10 heteroatoms. The van der Waals surface area contributed by atoms with E-state index in [2.05, 4.69) is 22.3 Å². The molecule has 0 aliphatic carbocycles. The zero-order chi connectivity index (χ0) is 33.0. The fourth-order valence-electron chi connectivity index (χ4n) is 7.64. The largest absolute Gasteiger partial charge is 0.481 e. The first-order valence-electron chi connectivity index (χ1n) is 16.6. The predicted molar refractivity (Wildman–Crippen MR) is 184 cm³/mol. The van der Waals surface area contributed by atoms with Gasteiger partial charge in [0, 0.05) is 50.2 Å². The summed E-state index contributed by atoms with van der Waals surface area (Å²) in [5.74, 6) is -1.33. The van der Waals surface area contributed by atoms with Gasteiger partial charge >= 0.3 is 12.0 Å². The standard InChI is InChI=1S/C37H42Cl2N4O4/c38-31-14-13-30(24-32(31)39)36(16-23-43(26-36)33(44)27-8-3-1-4-9-27)15-20-41-21-17-37(18-22-41,29-11-5-2-6-12-29)40-35(47)42-19-7-10-28(25-42)34(45)46/h1-6,8-9,11-14,24,28H,7,10,15-23,25-26H2,(H,40,47)(H,45,46). The summed E-state index contributed by atoms with van der Waals surface area (Å²) in [6.45, 7) is 4.47. The minimum atomic E-state index is -0.845. The van der Waals surface area contributed by atoms with Crippen LogP contribution in [0, 0.1) is 5.92 Å². The summed E-state index contributed by atoms with van der Waals surface area (Å²) in [6.07, 6.45) is 4.42. The normalized spacial score (nSPS) is 23.0. The first-order valence-corrected chi connectivity index (χ1v) is 17.3. The highest BCUT2D eigenvalue weighted by molar-refractivity contribution is 6.42. The Morgan fingerprint density at radius 2 is 1.51 bits per heavy atom. The van der Waals surface area contributed by atoms with Crippen LogP contribution >= 0.6 is 23.2 Å². The number of benzene rings is 3. The van der Waals surface area contributed by atoms with Gasteiger partial charge in [-0.25, -0.2) is 4.79 Å². The van der Waals surface area contributed by atoms with Gasteiger partial charge in [-0.3, -0.25) is 9.59 Å². The molecule has 0 radical (unpaired) electrons. The van der Waals surface area contributed by atoms with Gasteiger partial charge in [-0.2, -0.15) is 0 Å². The maximum Gasteiger partial charge on any atom is 0.318 e. The minimum Gasteiger partial charge on any atom is -0.481 e. The summed E-state index contributed by atoms with van der Waals surface area (Å²) >= 11 is 12.8. The maximum atomic E-state index is 13.6. The molecule has 248 valence electrons. The molecule has 3 fully saturated rings. The number of likely N-dealkylation sites (tertiary alicyclic amines) is 3. The maximum absolute atomic E-state index is 13.6. The molecule has 3 aliphatic rings. The number of aliphatic carboxylic acids is 1. The fourth-order valence-corrected chi connectivity index (χ4v) is 7.94. The second-order valence-electron chi connectivity index (χ2n) is 13.3. The molecular formula is C37H42Cl2N4O4. The monoisotopic (exact) mass is 676 g/mol. The number of carboxylic acids is 1. The van der Waals surface area contributed by atoms with Crippen molar-refractivity contribution in [3.05, 3.63) is 106 Å². The summed E-state index contributed by atoms with van der Waals surface area (Å²) in [6, 6.07) is 25.2. The molecular weight excluding hydrogens is 635 g/mol. The van der Waals surface area contributed by atoms with E-state index in [1.807, 2.05) is 71.6 Å². The van der Waals surface area contributed by atoms with Crippen molar-refractivity contribution in [3.63, 3.8) is 0 Å². The van der Waals surface area contributed by atoms with Crippen LogP contribution in [0.3, 0.4) is 0 Å². The van der Waals surface area contributed by atoms with Gasteiger partial charge in [-0.05, 0) is 80.5 Å². The van der Waals surface area contributed by atoms with Gasteiger partial charge < -0.3 is 25.1 Å². The van der Waals surface area contributed by atoms with Crippen molar-refractivity contribution in [1.82, 2.24) is 20.0 Å². The molecule has 2 atom stereocenters. The molecule has 0 aromatic heterocycles. The van der Waals surface area contributed by atoms with Crippen LogP contribution in [0.25, 0.3) is 0 Å². The number of urea groups is 1. The number of rotatable bonds is 8. The summed E-state index contributed by atoms with van der Waals surface area (Å²) in [4.78, 5) is 44.8. The smallest absolute Gasteiger partial charge is 0.318 e. The van der Waals surface area contributed by atoms with E-state index in [9.17, 15) is 19.5 Å². The highest BCUT2D eigenvalue weighted by atomic mass is 35.5. The third-order valence-corrected chi connectivity index (χ3v) is 11.3. The summed E-state index contributed by atoms with van der Waals surface area (Å²) < 4.78 is 0. The van der Waals surface area contributed by atoms with Crippen molar-refractivity contribution < 1.29 is 19.5 Å². The number of carboxylic acid groups (broad SMARTS) is 1. The quantitative estimate of drug-likeness (QED) is 0.278. The molecule has 3 aliphatic heterocycles. The molecule has 6 rings (SSSR count). The minimum absolute atomic E-state index is 0.0391.